The van der Waals surface area contributed by atoms with E-state index >= 15 is 0 Å². The van der Waals surface area contributed by atoms with E-state index in [0.29, 0.717) is 16.7 Å². The second kappa shape index (κ2) is 6.48. The second-order valence-electron chi connectivity index (χ2n) is 10.6. The third kappa shape index (κ3) is 3.22. The van der Waals surface area contributed by atoms with Crippen LogP contribution in [0.15, 0.2) is 0 Å². The Morgan fingerprint density at radius 1 is 1.08 bits per heavy atom. The van der Waals surface area contributed by atoms with Crippen LogP contribution in [0.1, 0.15) is 86.5 Å². The molecule has 26 heavy (non-hydrogen) atoms. The minimum Gasteiger partial charge on any atom is -0.463 e. The number of aliphatic hydroxyl groups is 1. The normalized spacial score (nSPS) is 46.0. The highest BCUT2D eigenvalue weighted by Gasteiger charge is 2.62. The molecule has 0 aromatic carbocycles. The zero-order valence-electron chi connectivity index (χ0n) is 17.6. The number of rotatable bonds is 3. The summed E-state index contributed by atoms with van der Waals surface area (Å²) in [5, 5.41) is 10.7. The molecule has 1 heterocycles. The van der Waals surface area contributed by atoms with Crippen LogP contribution in [0.3, 0.4) is 0 Å². The van der Waals surface area contributed by atoms with E-state index in [9.17, 15) is 9.90 Å². The van der Waals surface area contributed by atoms with Gasteiger partial charge in [0.1, 0.15) is 12.7 Å². The molecule has 0 bridgehead atoms. The highest BCUT2D eigenvalue weighted by atomic mass is 16.6. The van der Waals surface area contributed by atoms with Crippen LogP contribution in [0, 0.1) is 22.7 Å². The SMILES string of the molecule is CC(=O)OC[C@H](O)[C@]1(C)CC[C@@H]2[C@@]3(C)CCCC(C)(C)[C@@H]3CC[C@@]2(C)O1. The van der Waals surface area contributed by atoms with Gasteiger partial charge in [-0.1, -0.05) is 27.2 Å². The summed E-state index contributed by atoms with van der Waals surface area (Å²) in [5.41, 5.74) is -0.127. The number of esters is 1. The van der Waals surface area contributed by atoms with E-state index in [2.05, 4.69) is 27.7 Å². The number of carbonyl (C=O) groups is 1. The van der Waals surface area contributed by atoms with E-state index < -0.39 is 11.7 Å². The van der Waals surface area contributed by atoms with Gasteiger partial charge in [-0.2, -0.15) is 0 Å². The summed E-state index contributed by atoms with van der Waals surface area (Å²) in [4.78, 5) is 11.1. The summed E-state index contributed by atoms with van der Waals surface area (Å²) in [6.45, 7) is 13.0. The maximum atomic E-state index is 11.1. The van der Waals surface area contributed by atoms with Crippen molar-refractivity contribution in [2.75, 3.05) is 6.61 Å². The Morgan fingerprint density at radius 2 is 1.73 bits per heavy atom. The largest absolute Gasteiger partial charge is 0.463 e. The van der Waals surface area contributed by atoms with Crippen molar-refractivity contribution in [3.8, 4) is 0 Å². The Labute approximate surface area is 159 Å². The first-order valence-corrected chi connectivity index (χ1v) is 10.4. The number of fused-ring (bicyclic) bond motifs is 3. The van der Waals surface area contributed by atoms with Crippen molar-refractivity contribution in [3.63, 3.8) is 0 Å². The van der Waals surface area contributed by atoms with Crippen LogP contribution in [0.25, 0.3) is 0 Å². The van der Waals surface area contributed by atoms with Crippen LogP contribution in [0.4, 0.5) is 0 Å². The summed E-state index contributed by atoms with van der Waals surface area (Å²) in [6, 6.07) is 0. The van der Waals surface area contributed by atoms with Crippen LogP contribution in [0.5, 0.6) is 0 Å². The fraction of sp³-hybridized carbons (Fsp3) is 0.955. The molecule has 1 aliphatic heterocycles. The molecule has 0 unspecified atom stereocenters. The predicted molar refractivity (Wildman–Crippen MR) is 102 cm³/mol. The zero-order valence-corrected chi connectivity index (χ0v) is 17.6. The lowest BCUT2D eigenvalue weighted by Crippen LogP contribution is -2.65. The van der Waals surface area contributed by atoms with Crippen molar-refractivity contribution in [2.45, 2.75) is 104 Å². The van der Waals surface area contributed by atoms with Gasteiger partial charge in [-0.05, 0) is 75.0 Å². The molecule has 0 aromatic heterocycles. The van der Waals surface area contributed by atoms with E-state index in [0.717, 1.165) is 25.2 Å². The van der Waals surface area contributed by atoms with E-state index in [1.807, 2.05) is 6.92 Å². The van der Waals surface area contributed by atoms with Crippen LogP contribution in [0.2, 0.25) is 0 Å². The molecule has 0 amide bonds. The molecule has 1 N–H and O–H groups in total. The Kier molecular flexibility index (Phi) is 5.02. The van der Waals surface area contributed by atoms with Crippen molar-refractivity contribution in [2.24, 2.45) is 22.7 Å². The van der Waals surface area contributed by atoms with Gasteiger partial charge in [0.25, 0.3) is 0 Å². The molecule has 4 heteroatoms. The first-order chi connectivity index (χ1) is 11.9. The van der Waals surface area contributed by atoms with Gasteiger partial charge in [0.15, 0.2) is 0 Å². The maximum Gasteiger partial charge on any atom is 0.302 e. The molecular weight excluding hydrogens is 328 g/mol. The van der Waals surface area contributed by atoms with Crippen molar-refractivity contribution in [3.05, 3.63) is 0 Å². The predicted octanol–water partition coefficient (Wildman–Crippen LogP) is 4.48. The zero-order chi connectivity index (χ0) is 19.4. The van der Waals surface area contributed by atoms with E-state index in [-0.39, 0.29) is 18.2 Å². The standard InChI is InChI=1S/C22H38O4/c1-15(23)25-14-18(24)22(6)13-9-17-20(4)11-7-10-19(2,3)16(20)8-12-21(17,5)26-22/h16-18,24H,7-14H2,1-6H3/t16-,17+,18-,20-,21+,22-/m0/s1. The van der Waals surface area contributed by atoms with Gasteiger partial charge >= 0.3 is 5.97 Å². The van der Waals surface area contributed by atoms with E-state index in [1.54, 1.807) is 0 Å². The molecule has 2 saturated carbocycles. The minimum atomic E-state index is -0.780. The molecule has 6 atom stereocenters. The van der Waals surface area contributed by atoms with Gasteiger partial charge in [-0.3, -0.25) is 4.79 Å². The molecule has 0 radical (unpaired) electrons. The van der Waals surface area contributed by atoms with E-state index in [4.69, 9.17) is 9.47 Å². The van der Waals surface area contributed by atoms with Crippen LogP contribution in [-0.2, 0) is 14.3 Å². The van der Waals surface area contributed by atoms with Gasteiger partial charge in [0, 0.05) is 6.92 Å². The lowest BCUT2D eigenvalue weighted by Gasteiger charge is -2.65. The summed E-state index contributed by atoms with van der Waals surface area (Å²) in [7, 11) is 0. The van der Waals surface area contributed by atoms with Gasteiger partial charge in [-0.15, -0.1) is 0 Å². The molecular formula is C22H38O4. The molecule has 0 aromatic rings. The quantitative estimate of drug-likeness (QED) is 0.748. The van der Waals surface area contributed by atoms with Gasteiger partial charge in [0.2, 0.25) is 0 Å². The fourth-order valence-corrected chi connectivity index (χ4v) is 6.99. The Balaban J connectivity index is 1.81. The minimum absolute atomic E-state index is 0.0134. The first kappa shape index (κ1) is 20.1. The van der Waals surface area contributed by atoms with Crippen LogP contribution in [-0.4, -0.2) is 35.0 Å². The number of ether oxygens (including phenoxy) is 2. The van der Waals surface area contributed by atoms with Gasteiger partial charge < -0.3 is 14.6 Å². The molecule has 3 fully saturated rings. The number of aliphatic hydroxyl groups excluding tert-OH is 1. The summed E-state index contributed by atoms with van der Waals surface area (Å²) in [5.74, 6) is 0.924. The molecule has 4 nitrogen and oxygen atoms in total. The molecule has 150 valence electrons. The summed E-state index contributed by atoms with van der Waals surface area (Å²) in [6.07, 6.45) is 7.29. The lowest BCUT2D eigenvalue weighted by atomic mass is 9.44. The lowest BCUT2D eigenvalue weighted by molar-refractivity contribution is -0.288. The Hall–Kier alpha value is -0.610. The molecule has 2 aliphatic carbocycles. The third-order valence-electron chi connectivity index (χ3n) is 8.28. The molecule has 1 saturated heterocycles. The smallest absolute Gasteiger partial charge is 0.302 e. The monoisotopic (exact) mass is 366 g/mol. The van der Waals surface area contributed by atoms with Crippen molar-refractivity contribution in [1.82, 2.24) is 0 Å². The third-order valence-corrected chi connectivity index (χ3v) is 8.28. The number of hydrogen-bond donors (Lipinski definition) is 1. The number of hydrogen-bond acceptors (Lipinski definition) is 4. The highest BCUT2D eigenvalue weighted by Crippen LogP contribution is 2.65. The highest BCUT2D eigenvalue weighted by molar-refractivity contribution is 5.65. The van der Waals surface area contributed by atoms with Crippen LogP contribution >= 0.6 is 0 Å². The first-order valence-electron chi connectivity index (χ1n) is 10.4. The van der Waals surface area contributed by atoms with Crippen molar-refractivity contribution in [1.29, 1.82) is 0 Å². The molecule has 3 rings (SSSR count). The summed E-state index contributed by atoms with van der Waals surface area (Å²) < 4.78 is 11.8. The fourth-order valence-electron chi connectivity index (χ4n) is 6.99. The number of carbonyl (C=O) groups excluding carboxylic acids is 1. The molecule has 3 aliphatic rings. The van der Waals surface area contributed by atoms with Crippen molar-refractivity contribution >= 4 is 5.97 Å². The maximum absolute atomic E-state index is 11.1. The summed E-state index contributed by atoms with van der Waals surface area (Å²) >= 11 is 0. The van der Waals surface area contributed by atoms with Crippen LogP contribution < -0.4 is 0 Å². The van der Waals surface area contributed by atoms with E-state index in [1.165, 1.54) is 32.6 Å². The second-order valence-corrected chi connectivity index (χ2v) is 10.6. The Bertz CT molecular complexity index is 558. The average Bonchev–Trinajstić information content (AvgIpc) is 2.50. The molecule has 0 spiro atoms. The van der Waals surface area contributed by atoms with Crippen molar-refractivity contribution < 1.29 is 19.4 Å². The average molecular weight is 367 g/mol. The Morgan fingerprint density at radius 3 is 2.38 bits per heavy atom. The topological polar surface area (TPSA) is 55.8 Å². The van der Waals surface area contributed by atoms with Gasteiger partial charge in [-0.25, -0.2) is 0 Å². The van der Waals surface area contributed by atoms with Gasteiger partial charge in [0.05, 0.1) is 11.2 Å².